The van der Waals surface area contributed by atoms with Gasteiger partial charge in [-0.25, -0.2) is 0 Å². The minimum atomic E-state index is -0.251. The fourth-order valence-electron chi connectivity index (χ4n) is 3.58. The van der Waals surface area contributed by atoms with Crippen LogP contribution in [0.1, 0.15) is 33.1 Å². The third-order valence-electron chi connectivity index (χ3n) is 5.73. The van der Waals surface area contributed by atoms with E-state index < -0.39 is 0 Å². The molecule has 2 amide bonds. The molecule has 2 heterocycles. The van der Waals surface area contributed by atoms with Crippen LogP contribution in [0.3, 0.4) is 0 Å². The Morgan fingerprint density at radius 2 is 1.93 bits per heavy atom. The molecule has 0 saturated carbocycles. The van der Waals surface area contributed by atoms with E-state index in [2.05, 4.69) is 26.7 Å². The monoisotopic (exact) mass is 418 g/mol. The highest BCUT2D eigenvalue weighted by atomic mass is 32.1. The number of nitrogens with one attached hydrogen (secondary N) is 1. The molecule has 2 atom stereocenters. The van der Waals surface area contributed by atoms with Crippen molar-refractivity contribution in [2.75, 3.05) is 37.7 Å². The Labute approximate surface area is 175 Å². The van der Waals surface area contributed by atoms with Gasteiger partial charge in [0.1, 0.15) is 5.82 Å². The second-order valence-corrected chi connectivity index (χ2v) is 8.42. The fourth-order valence-corrected chi connectivity index (χ4v) is 4.37. The molecule has 0 unspecified atom stereocenters. The van der Waals surface area contributed by atoms with Crippen molar-refractivity contribution in [3.8, 4) is 0 Å². The number of anilines is 1. The van der Waals surface area contributed by atoms with Crippen LogP contribution in [0.5, 0.6) is 0 Å². The summed E-state index contributed by atoms with van der Waals surface area (Å²) in [4.78, 5) is 28.7. The van der Waals surface area contributed by atoms with Gasteiger partial charge in [0.15, 0.2) is 0 Å². The Kier molecular flexibility index (Phi) is 7.44. The fraction of sp³-hybridized carbons (Fsp3) is 0.571. The average molecular weight is 419 g/mol. The number of amides is 2. The van der Waals surface area contributed by atoms with Crippen LogP contribution < -0.4 is 10.2 Å². The molecule has 29 heavy (non-hydrogen) atoms. The minimum Gasteiger partial charge on any atom is -0.394 e. The number of carbonyl (C=O) groups excluding carboxylic acids is 2. The number of carbonyl (C=O) groups is 2. The topological polar surface area (TPSA) is 85.8 Å². The maximum absolute atomic E-state index is 12.5. The third-order valence-corrected chi connectivity index (χ3v) is 6.55. The number of fused-ring (bicyclic) bond motifs is 1. The highest BCUT2D eigenvalue weighted by Crippen LogP contribution is 2.29. The van der Waals surface area contributed by atoms with Crippen molar-refractivity contribution >= 4 is 39.3 Å². The van der Waals surface area contributed by atoms with E-state index in [-0.39, 0.29) is 43.2 Å². The van der Waals surface area contributed by atoms with Gasteiger partial charge in [0, 0.05) is 44.4 Å². The van der Waals surface area contributed by atoms with Crippen LogP contribution in [0.15, 0.2) is 24.3 Å². The van der Waals surface area contributed by atoms with Crippen LogP contribution in [0.2, 0.25) is 0 Å². The summed E-state index contributed by atoms with van der Waals surface area (Å²) in [6, 6.07) is 7.95. The summed E-state index contributed by atoms with van der Waals surface area (Å²) in [6.07, 6.45) is 1.23. The van der Waals surface area contributed by atoms with E-state index in [0.29, 0.717) is 13.1 Å². The molecule has 1 aromatic heterocycles. The van der Waals surface area contributed by atoms with Crippen molar-refractivity contribution in [1.82, 2.24) is 14.6 Å². The Bertz CT molecular complexity index is 832. The average Bonchev–Trinajstić information content (AvgIpc) is 3.19. The summed E-state index contributed by atoms with van der Waals surface area (Å²) in [5.74, 6) is 1.03. The van der Waals surface area contributed by atoms with Gasteiger partial charge in [-0.15, -0.1) is 0 Å². The molecule has 158 valence electrons. The van der Waals surface area contributed by atoms with Crippen molar-refractivity contribution in [2.24, 2.45) is 5.92 Å². The van der Waals surface area contributed by atoms with E-state index in [0.717, 1.165) is 30.7 Å². The van der Waals surface area contributed by atoms with Gasteiger partial charge in [0.05, 0.1) is 17.3 Å². The first-order valence-electron chi connectivity index (χ1n) is 10.3. The lowest BCUT2D eigenvalue weighted by molar-refractivity contribution is -0.134. The van der Waals surface area contributed by atoms with Gasteiger partial charge in [-0.3, -0.25) is 9.59 Å². The maximum Gasteiger partial charge on any atom is 0.223 e. The molecular formula is C21H30N4O3S. The molecule has 0 spiro atoms. The summed E-state index contributed by atoms with van der Waals surface area (Å²) in [5, 5.41) is 13.4. The summed E-state index contributed by atoms with van der Waals surface area (Å²) in [6.45, 7) is 6.70. The number of piperazine rings is 1. The predicted molar refractivity (Wildman–Crippen MR) is 116 cm³/mol. The molecule has 0 radical (unpaired) electrons. The molecule has 7 nitrogen and oxygen atoms in total. The molecule has 1 aliphatic rings. The second-order valence-electron chi connectivity index (χ2n) is 7.61. The van der Waals surface area contributed by atoms with Gasteiger partial charge in [-0.1, -0.05) is 32.4 Å². The molecule has 0 aliphatic carbocycles. The molecule has 2 N–H and O–H groups in total. The minimum absolute atomic E-state index is 0.00650. The van der Waals surface area contributed by atoms with Crippen LogP contribution >= 0.6 is 11.5 Å². The first kappa shape index (κ1) is 21.5. The second kappa shape index (κ2) is 10.0. The summed E-state index contributed by atoms with van der Waals surface area (Å²) >= 11 is 1.50. The lowest BCUT2D eigenvalue weighted by Gasteiger charge is -2.35. The SMILES string of the molecule is CC[C@H](C)[C@H](CO)NC(=O)CCC(=O)N1CCN(c2nsc3ccccc23)CC1. The van der Waals surface area contributed by atoms with Gasteiger partial charge in [0.2, 0.25) is 11.8 Å². The van der Waals surface area contributed by atoms with E-state index in [1.54, 1.807) is 0 Å². The zero-order chi connectivity index (χ0) is 20.8. The number of rotatable bonds is 8. The molecule has 1 fully saturated rings. The first-order chi connectivity index (χ1) is 14.0. The molecule has 0 bridgehead atoms. The Morgan fingerprint density at radius 1 is 1.21 bits per heavy atom. The van der Waals surface area contributed by atoms with Gasteiger partial charge >= 0.3 is 0 Å². The highest BCUT2D eigenvalue weighted by molar-refractivity contribution is 7.13. The molecule has 1 aromatic carbocycles. The summed E-state index contributed by atoms with van der Waals surface area (Å²) in [5.41, 5.74) is 0. The number of hydrogen-bond donors (Lipinski definition) is 2. The van der Waals surface area contributed by atoms with E-state index in [1.807, 2.05) is 30.9 Å². The van der Waals surface area contributed by atoms with Gasteiger partial charge in [0.25, 0.3) is 0 Å². The number of aromatic nitrogens is 1. The third kappa shape index (κ3) is 5.25. The van der Waals surface area contributed by atoms with Crippen LogP contribution in [-0.2, 0) is 9.59 Å². The Balaban J connectivity index is 1.46. The van der Waals surface area contributed by atoms with E-state index in [9.17, 15) is 14.7 Å². The Morgan fingerprint density at radius 3 is 2.62 bits per heavy atom. The lowest BCUT2D eigenvalue weighted by atomic mass is 10.00. The van der Waals surface area contributed by atoms with Crippen LogP contribution in [0.4, 0.5) is 5.82 Å². The smallest absolute Gasteiger partial charge is 0.223 e. The number of aliphatic hydroxyl groups is 1. The van der Waals surface area contributed by atoms with Crippen LogP contribution in [-0.4, -0.2) is 65.0 Å². The molecule has 2 aromatic rings. The largest absolute Gasteiger partial charge is 0.394 e. The Hall–Kier alpha value is -2.19. The zero-order valence-electron chi connectivity index (χ0n) is 17.1. The molecule has 8 heteroatoms. The van der Waals surface area contributed by atoms with Gasteiger partial charge in [-0.05, 0) is 29.6 Å². The van der Waals surface area contributed by atoms with Crippen LogP contribution in [0.25, 0.3) is 10.1 Å². The summed E-state index contributed by atoms with van der Waals surface area (Å²) < 4.78 is 5.77. The van der Waals surface area contributed by atoms with E-state index in [1.165, 1.54) is 16.2 Å². The van der Waals surface area contributed by atoms with Crippen molar-refractivity contribution in [1.29, 1.82) is 0 Å². The highest BCUT2D eigenvalue weighted by Gasteiger charge is 2.24. The van der Waals surface area contributed by atoms with E-state index in [4.69, 9.17) is 0 Å². The van der Waals surface area contributed by atoms with Crippen LogP contribution in [0, 0.1) is 5.92 Å². The van der Waals surface area contributed by atoms with Crippen molar-refractivity contribution in [2.45, 2.75) is 39.2 Å². The lowest BCUT2D eigenvalue weighted by Crippen LogP contribution is -2.49. The zero-order valence-corrected chi connectivity index (χ0v) is 18.0. The number of hydrogen-bond acceptors (Lipinski definition) is 6. The molecular weight excluding hydrogens is 388 g/mol. The quantitative estimate of drug-likeness (QED) is 0.687. The number of nitrogens with zero attached hydrogens (tertiary/aromatic N) is 3. The van der Waals surface area contributed by atoms with Gasteiger partial charge < -0.3 is 20.2 Å². The number of benzene rings is 1. The maximum atomic E-state index is 12.5. The van der Waals surface area contributed by atoms with Crippen molar-refractivity contribution < 1.29 is 14.7 Å². The predicted octanol–water partition coefficient (Wildman–Crippen LogP) is 2.25. The van der Waals surface area contributed by atoms with Gasteiger partial charge in [-0.2, -0.15) is 4.37 Å². The van der Waals surface area contributed by atoms with E-state index >= 15 is 0 Å². The molecule has 1 saturated heterocycles. The normalized spacial score (nSPS) is 16.7. The van der Waals surface area contributed by atoms with Crippen molar-refractivity contribution in [3.05, 3.63) is 24.3 Å². The summed E-state index contributed by atoms with van der Waals surface area (Å²) in [7, 11) is 0. The number of aliphatic hydroxyl groups excluding tert-OH is 1. The molecule has 3 rings (SSSR count). The standard InChI is InChI=1S/C21H30N4O3S/c1-3-15(2)17(14-26)22-19(27)8-9-20(28)24-10-12-25(13-11-24)21-16-6-4-5-7-18(16)29-23-21/h4-7,15,17,26H,3,8-14H2,1-2H3,(H,22,27)/t15-,17-/m0/s1. The first-order valence-corrected chi connectivity index (χ1v) is 11.1. The molecule has 1 aliphatic heterocycles. The van der Waals surface area contributed by atoms with Crippen molar-refractivity contribution in [3.63, 3.8) is 0 Å².